The van der Waals surface area contributed by atoms with Crippen LogP contribution in [0.5, 0.6) is 5.75 Å². The van der Waals surface area contributed by atoms with Gasteiger partial charge < -0.3 is 4.74 Å². The van der Waals surface area contributed by atoms with Crippen LogP contribution in [0.25, 0.3) is 0 Å². The molecule has 0 bridgehead atoms. The van der Waals surface area contributed by atoms with Crippen LogP contribution in [-0.4, -0.2) is 13.2 Å². The molecule has 0 spiro atoms. The molecule has 0 aliphatic rings. The van der Waals surface area contributed by atoms with Crippen LogP contribution in [0, 0.1) is 28.6 Å². The van der Waals surface area contributed by atoms with E-state index in [2.05, 4.69) is 10.2 Å². The van der Waals surface area contributed by atoms with E-state index < -0.39 is 5.92 Å². The maximum absolute atomic E-state index is 8.56. The molecule has 18 heavy (non-hydrogen) atoms. The van der Waals surface area contributed by atoms with Crippen molar-refractivity contribution < 1.29 is 4.74 Å². The van der Waals surface area contributed by atoms with Crippen molar-refractivity contribution in [3.05, 3.63) is 24.3 Å². The van der Waals surface area contributed by atoms with Gasteiger partial charge in [0.2, 0.25) is 0 Å². The van der Waals surface area contributed by atoms with Crippen molar-refractivity contribution in [3.8, 4) is 17.9 Å². The van der Waals surface area contributed by atoms with Crippen LogP contribution in [0.3, 0.4) is 0 Å². The highest BCUT2D eigenvalue weighted by Gasteiger charge is 2.03. The van der Waals surface area contributed by atoms with Crippen molar-refractivity contribution in [1.29, 1.82) is 10.5 Å². The number of nitriles is 2. The summed E-state index contributed by atoms with van der Waals surface area (Å²) in [6.07, 6.45) is 0.410. The Morgan fingerprint density at radius 3 is 2.44 bits per heavy atom. The van der Waals surface area contributed by atoms with Gasteiger partial charge in [0, 0.05) is 0 Å². The molecule has 0 saturated heterocycles. The molecule has 0 fully saturated rings. The topological polar surface area (TPSA) is 81.5 Å². The average Bonchev–Trinajstić information content (AvgIpc) is 2.41. The van der Waals surface area contributed by atoms with Crippen LogP contribution in [0.4, 0.5) is 5.69 Å². The Hall–Kier alpha value is -2.40. The zero-order valence-electron chi connectivity index (χ0n) is 10.2. The largest absolute Gasteiger partial charge is 0.494 e. The minimum Gasteiger partial charge on any atom is -0.494 e. The first kappa shape index (κ1) is 13.7. The molecule has 1 rings (SSSR count). The molecule has 0 unspecified atom stereocenters. The third-order valence-electron chi connectivity index (χ3n) is 2.16. The van der Waals surface area contributed by atoms with E-state index in [1.165, 1.54) is 0 Å². The first-order valence-corrected chi connectivity index (χ1v) is 5.69. The molecule has 0 amide bonds. The lowest BCUT2D eigenvalue weighted by molar-refractivity contribution is 0.340. The predicted molar refractivity (Wildman–Crippen MR) is 66.3 cm³/mol. The van der Waals surface area contributed by atoms with Crippen LogP contribution < -0.4 is 4.74 Å². The van der Waals surface area contributed by atoms with Gasteiger partial charge in [-0.05, 0) is 37.6 Å². The van der Waals surface area contributed by atoms with Gasteiger partial charge in [0.05, 0.1) is 31.0 Å². The molecule has 0 heterocycles. The second-order valence-corrected chi connectivity index (χ2v) is 3.49. The number of hydrogen-bond acceptors (Lipinski definition) is 5. The zero-order chi connectivity index (χ0) is 13.2. The Labute approximate surface area is 106 Å². The molecule has 0 aliphatic carbocycles. The summed E-state index contributed by atoms with van der Waals surface area (Å²) >= 11 is 0. The molecule has 92 valence electrons. The highest BCUT2D eigenvalue weighted by Crippen LogP contribution is 2.18. The molecular weight excluding hydrogens is 228 g/mol. The molecule has 0 atom stereocenters. The summed E-state index contributed by atoms with van der Waals surface area (Å²) in [5, 5.41) is 25.1. The van der Waals surface area contributed by atoms with E-state index in [9.17, 15) is 0 Å². The maximum Gasteiger partial charge on any atom is 0.135 e. The standard InChI is InChI=1S/C13H14N4O/c1-2-18-13-5-3-12(4-6-13)17-16-8-7-11(9-14)10-15/h3-6,11H,2,7-8H2,1H3. The highest BCUT2D eigenvalue weighted by atomic mass is 16.5. The third kappa shape index (κ3) is 4.63. The number of ether oxygens (including phenoxy) is 1. The monoisotopic (exact) mass is 242 g/mol. The summed E-state index contributed by atoms with van der Waals surface area (Å²) in [6, 6.07) is 11.0. The SMILES string of the molecule is CCOc1ccc(N=NCCC(C#N)C#N)cc1. The fraction of sp³-hybridized carbons (Fsp3) is 0.385. The Balaban J connectivity index is 2.43. The van der Waals surface area contributed by atoms with Crippen molar-refractivity contribution in [2.75, 3.05) is 13.2 Å². The van der Waals surface area contributed by atoms with Crippen molar-refractivity contribution in [2.45, 2.75) is 13.3 Å². The van der Waals surface area contributed by atoms with Crippen molar-refractivity contribution >= 4 is 5.69 Å². The van der Waals surface area contributed by atoms with Crippen LogP contribution in [0.2, 0.25) is 0 Å². The van der Waals surface area contributed by atoms with Crippen LogP contribution in [0.15, 0.2) is 34.5 Å². The van der Waals surface area contributed by atoms with Crippen LogP contribution in [0.1, 0.15) is 13.3 Å². The summed E-state index contributed by atoms with van der Waals surface area (Å²) in [5.41, 5.74) is 0.726. The van der Waals surface area contributed by atoms with E-state index in [-0.39, 0.29) is 0 Å². The van der Waals surface area contributed by atoms with E-state index in [1.54, 1.807) is 12.1 Å². The molecule has 5 nitrogen and oxygen atoms in total. The van der Waals surface area contributed by atoms with E-state index in [4.69, 9.17) is 15.3 Å². The van der Waals surface area contributed by atoms with Gasteiger partial charge in [0.25, 0.3) is 0 Å². The lowest BCUT2D eigenvalue weighted by atomic mass is 10.1. The minimum atomic E-state index is -0.607. The number of benzene rings is 1. The Morgan fingerprint density at radius 1 is 1.22 bits per heavy atom. The van der Waals surface area contributed by atoms with Gasteiger partial charge in [-0.25, -0.2) is 0 Å². The number of azo groups is 1. The number of rotatable bonds is 6. The first-order chi connectivity index (χ1) is 8.80. The molecular formula is C13H14N4O. The Bertz CT molecular complexity index is 453. The van der Waals surface area contributed by atoms with Gasteiger partial charge in [0.15, 0.2) is 0 Å². The van der Waals surface area contributed by atoms with Crippen LogP contribution >= 0.6 is 0 Å². The van der Waals surface area contributed by atoms with E-state index >= 15 is 0 Å². The molecule has 0 N–H and O–H groups in total. The fourth-order valence-electron chi connectivity index (χ4n) is 1.25. The maximum atomic E-state index is 8.56. The minimum absolute atomic E-state index is 0.374. The Kier molecular flexibility index (Phi) is 5.93. The molecule has 0 saturated carbocycles. The lowest BCUT2D eigenvalue weighted by Crippen LogP contribution is -1.94. The average molecular weight is 242 g/mol. The molecule has 1 aromatic rings. The highest BCUT2D eigenvalue weighted by molar-refractivity contribution is 5.40. The van der Waals surface area contributed by atoms with Crippen molar-refractivity contribution in [2.24, 2.45) is 16.1 Å². The second-order valence-electron chi connectivity index (χ2n) is 3.49. The third-order valence-corrected chi connectivity index (χ3v) is 2.16. The molecule has 0 aromatic heterocycles. The number of hydrogen-bond donors (Lipinski definition) is 0. The van der Waals surface area contributed by atoms with Crippen molar-refractivity contribution in [1.82, 2.24) is 0 Å². The smallest absolute Gasteiger partial charge is 0.135 e. The van der Waals surface area contributed by atoms with Gasteiger partial charge in [-0.1, -0.05) is 0 Å². The molecule has 0 radical (unpaired) electrons. The summed E-state index contributed by atoms with van der Waals surface area (Å²) in [7, 11) is 0. The van der Waals surface area contributed by atoms with Gasteiger partial charge in [0.1, 0.15) is 11.7 Å². The zero-order valence-corrected chi connectivity index (χ0v) is 10.2. The van der Waals surface area contributed by atoms with Crippen LogP contribution in [-0.2, 0) is 0 Å². The quantitative estimate of drug-likeness (QED) is 0.718. The van der Waals surface area contributed by atoms with Gasteiger partial charge in [-0.3, -0.25) is 0 Å². The number of nitrogens with zero attached hydrogens (tertiary/aromatic N) is 4. The van der Waals surface area contributed by atoms with Gasteiger partial charge in [-0.2, -0.15) is 20.8 Å². The molecule has 0 aliphatic heterocycles. The summed E-state index contributed by atoms with van der Waals surface area (Å²) in [6.45, 7) is 2.93. The summed E-state index contributed by atoms with van der Waals surface area (Å²) < 4.78 is 5.30. The normalized spacial score (nSPS) is 10.2. The first-order valence-electron chi connectivity index (χ1n) is 5.69. The predicted octanol–water partition coefficient (Wildman–Crippen LogP) is 3.22. The van der Waals surface area contributed by atoms with Gasteiger partial charge in [-0.15, -0.1) is 0 Å². The van der Waals surface area contributed by atoms with E-state index in [0.29, 0.717) is 19.6 Å². The van der Waals surface area contributed by atoms with Gasteiger partial charge >= 0.3 is 0 Å². The molecule has 5 heteroatoms. The second kappa shape index (κ2) is 7.81. The van der Waals surface area contributed by atoms with Crippen molar-refractivity contribution in [3.63, 3.8) is 0 Å². The summed E-state index contributed by atoms with van der Waals surface area (Å²) in [5.74, 6) is 0.190. The fourth-order valence-corrected chi connectivity index (χ4v) is 1.25. The molecule has 1 aromatic carbocycles. The van der Waals surface area contributed by atoms with E-state index in [0.717, 1.165) is 11.4 Å². The van der Waals surface area contributed by atoms with E-state index in [1.807, 2.05) is 31.2 Å². The Morgan fingerprint density at radius 2 is 1.89 bits per heavy atom. The lowest BCUT2D eigenvalue weighted by Gasteiger charge is -2.01. The summed E-state index contributed by atoms with van der Waals surface area (Å²) in [4.78, 5) is 0.